The Morgan fingerprint density at radius 3 is 2.07 bits per heavy atom. The molecule has 3 aromatic rings. The van der Waals surface area contributed by atoms with Crippen molar-refractivity contribution in [2.45, 2.75) is 27.7 Å². The molecular weight excluding hydrogens is 372 g/mol. The number of hydrogen-bond acceptors (Lipinski definition) is 5. The van der Waals surface area contributed by atoms with Crippen molar-refractivity contribution in [2.75, 3.05) is 57.3 Å². The lowest BCUT2D eigenvalue weighted by Gasteiger charge is -2.30. The molecule has 0 saturated heterocycles. The van der Waals surface area contributed by atoms with Gasteiger partial charge in [0.1, 0.15) is 5.82 Å². The molecule has 2 heterocycles. The Morgan fingerprint density at radius 1 is 0.800 bits per heavy atom. The molecule has 0 atom stereocenters. The Balaban J connectivity index is 1.82. The standard InChI is InChI=1S/C24H36N6/c1-5-28(6-2)15-17-30(18-16-29(7-3)8-4)21-12-9-11-20(19-21)23-26-22-13-10-14-25-24(22)27-23/h9-14,19H,5-8,15-18H2,1-4H3,(H,25,26,27). The first-order valence-corrected chi connectivity index (χ1v) is 11.3. The van der Waals surface area contributed by atoms with Gasteiger partial charge in [0.05, 0.1) is 5.52 Å². The van der Waals surface area contributed by atoms with Crippen LogP contribution in [0.3, 0.4) is 0 Å². The lowest BCUT2D eigenvalue weighted by molar-refractivity contribution is 0.294. The van der Waals surface area contributed by atoms with Crippen LogP contribution < -0.4 is 4.90 Å². The molecule has 0 aliphatic heterocycles. The Hall–Kier alpha value is -2.44. The minimum atomic E-state index is 0.762. The lowest BCUT2D eigenvalue weighted by Crippen LogP contribution is -2.39. The van der Waals surface area contributed by atoms with Crippen LogP contribution in [0.1, 0.15) is 27.7 Å². The number of nitrogens with zero attached hydrogens (tertiary/aromatic N) is 5. The fraction of sp³-hybridized carbons (Fsp3) is 0.500. The van der Waals surface area contributed by atoms with E-state index in [-0.39, 0.29) is 0 Å². The summed E-state index contributed by atoms with van der Waals surface area (Å²) in [5, 5.41) is 0. The number of benzene rings is 1. The van der Waals surface area contributed by atoms with E-state index in [9.17, 15) is 0 Å². The molecule has 0 aliphatic carbocycles. The van der Waals surface area contributed by atoms with E-state index in [2.05, 4.69) is 81.6 Å². The largest absolute Gasteiger partial charge is 0.369 e. The first-order chi connectivity index (χ1) is 14.7. The van der Waals surface area contributed by atoms with Crippen molar-refractivity contribution in [2.24, 2.45) is 0 Å². The van der Waals surface area contributed by atoms with E-state index in [1.807, 2.05) is 12.1 Å². The minimum absolute atomic E-state index is 0.762. The van der Waals surface area contributed by atoms with Crippen LogP contribution in [-0.4, -0.2) is 77.1 Å². The molecule has 6 heteroatoms. The van der Waals surface area contributed by atoms with Gasteiger partial charge < -0.3 is 19.7 Å². The topological polar surface area (TPSA) is 51.3 Å². The number of H-pyrrole nitrogens is 1. The summed E-state index contributed by atoms with van der Waals surface area (Å²) in [5.74, 6) is 0.873. The molecule has 0 fully saturated rings. The summed E-state index contributed by atoms with van der Waals surface area (Å²) in [4.78, 5) is 19.9. The van der Waals surface area contributed by atoms with Crippen molar-refractivity contribution < 1.29 is 0 Å². The molecule has 0 amide bonds. The Morgan fingerprint density at radius 2 is 1.47 bits per heavy atom. The molecule has 2 aromatic heterocycles. The fourth-order valence-corrected chi connectivity index (χ4v) is 3.81. The summed E-state index contributed by atoms with van der Waals surface area (Å²) >= 11 is 0. The second-order valence-electron chi connectivity index (χ2n) is 7.55. The number of nitrogens with one attached hydrogen (secondary N) is 1. The smallest absolute Gasteiger partial charge is 0.178 e. The van der Waals surface area contributed by atoms with E-state index in [0.29, 0.717) is 0 Å². The average molecular weight is 409 g/mol. The number of imidazole rings is 1. The molecule has 3 rings (SSSR count). The maximum Gasteiger partial charge on any atom is 0.178 e. The van der Waals surface area contributed by atoms with E-state index in [1.54, 1.807) is 6.20 Å². The quantitative estimate of drug-likeness (QED) is 0.489. The van der Waals surface area contributed by atoms with Crippen molar-refractivity contribution in [1.82, 2.24) is 24.8 Å². The highest BCUT2D eigenvalue weighted by molar-refractivity contribution is 5.76. The SMILES string of the molecule is CCN(CC)CCN(CCN(CC)CC)c1cccc(-c2nc3ncccc3[nH]2)c1. The second kappa shape index (κ2) is 11.1. The Labute approximate surface area is 180 Å². The number of pyridine rings is 1. The van der Waals surface area contributed by atoms with Crippen LogP contribution >= 0.6 is 0 Å². The second-order valence-corrected chi connectivity index (χ2v) is 7.55. The molecule has 0 spiro atoms. The lowest BCUT2D eigenvalue weighted by atomic mass is 10.1. The molecule has 0 unspecified atom stereocenters. The number of likely N-dealkylation sites (N-methyl/N-ethyl adjacent to an activating group) is 2. The molecule has 6 nitrogen and oxygen atoms in total. The number of aromatic nitrogens is 3. The molecule has 1 N–H and O–H groups in total. The number of aromatic amines is 1. The van der Waals surface area contributed by atoms with Crippen LogP contribution in [0.4, 0.5) is 5.69 Å². The molecule has 30 heavy (non-hydrogen) atoms. The molecule has 1 aromatic carbocycles. The number of fused-ring (bicyclic) bond motifs is 1. The van der Waals surface area contributed by atoms with E-state index in [1.165, 1.54) is 5.69 Å². The van der Waals surface area contributed by atoms with Crippen LogP contribution in [0, 0.1) is 0 Å². The minimum Gasteiger partial charge on any atom is -0.369 e. The van der Waals surface area contributed by atoms with Gasteiger partial charge in [-0.3, -0.25) is 0 Å². The van der Waals surface area contributed by atoms with Crippen molar-refractivity contribution in [3.8, 4) is 11.4 Å². The third-order valence-electron chi connectivity index (χ3n) is 5.90. The third kappa shape index (κ3) is 5.58. The zero-order valence-corrected chi connectivity index (χ0v) is 18.9. The van der Waals surface area contributed by atoms with Gasteiger partial charge in [-0.2, -0.15) is 0 Å². The molecular formula is C24H36N6. The maximum absolute atomic E-state index is 4.68. The van der Waals surface area contributed by atoms with Gasteiger partial charge in [0.2, 0.25) is 0 Å². The van der Waals surface area contributed by atoms with E-state index < -0.39 is 0 Å². The highest BCUT2D eigenvalue weighted by Gasteiger charge is 2.13. The van der Waals surface area contributed by atoms with Gasteiger partial charge in [-0.15, -0.1) is 0 Å². The third-order valence-corrected chi connectivity index (χ3v) is 5.90. The Kier molecular flexibility index (Phi) is 8.22. The zero-order chi connectivity index (χ0) is 21.3. The van der Waals surface area contributed by atoms with E-state index >= 15 is 0 Å². The van der Waals surface area contributed by atoms with Gasteiger partial charge in [0, 0.05) is 43.6 Å². The predicted octanol–water partition coefficient (Wildman–Crippen LogP) is 4.11. The highest BCUT2D eigenvalue weighted by atomic mass is 15.2. The van der Waals surface area contributed by atoms with Crippen LogP contribution in [0.5, 0.6) is 0 Å². The average Bonchev–Trinajstić information content (AvgIpc) is 3.23. The number of hydrogen-bond donors (Lipinski definition) is 1. The first-order valence-electron chi connectivity index (χ1n) is 11.3. The normalized spacial score (nSPS) is 11.7. The van der Waals surface area contributed by atoms with Gasteiger partial charge in [0.15, 0.2) is 5.65 Å². The van der Waals surface area contributed by atoms with Gasteiger partial charge in [0.25, 0.3) is 0 Å². The number of anilines is 1. The summed E-state index contributed by atoms with van der Waals surface area (Å²) in [6.07, 6.45) is 1.78. The van der Waals surface area contributed by atoms with Crippen LogP contribution in [0.25, 0.3) is 22.6 Å². The van der Waals surface area contributed by atoms with Crippen molar-refractivity contribution in [3.63, 3.8) is 0 Å². The van der Waals surface area contributed by atoms with Crippen molar-refractivity contribution >= 4 is 16.9 Å². The molecule has 0 saturated carbocycles. The summed E-state index contributed by atoms with van der Waals surface area (Å²) in [6, 6.07) is 12.7. The van der Waals surface area contributed by atoms with Gasteiger partial charge in [-0.05, 0) is 50.4 Å². The summed E-state index contributed by atoms with van der Waals surface area (Å²) in [7, 11) is 0. The maximum atomic E-state index is 4.68. The van der Waals surface area contributed by atoms with E-state index in [4.69, 9.17) is 0 Å². The van der Waals surface area contributed by atoms with Crippen molar-refractivity contribution in [3.05, 3.63) is 42.6 Å². The van der Waals surface area contributed by atoms with Crippen LogP contribution in [-0.2, 0) is 0 Å². The van der Waals surface area contributed by atoms with Crippen LogP contribution in [0.15, 0.2) is 42.6 Å². The summed E-state index contributed by atoms with van der Waals surface area (Å²) in [6.45, 7) is 17.5. The number of rotatable bonds is 12. The summed E-state index contributed by atoms with van der Waals surface area (Å²) in [5.41, 5.74) is 4.08. The predicted molar refractivity (Wildman–Crippen MR) is 127 cm³/mol. The van der Waals surface area contributed by atoms with E-state index in [0.717, 1.165) is 74.9 Å². The Bertz CT molecular complexity index is 848. The molecule has 0 aliphatic rings. The first kappa shape index (κ1) is 22.2. The van der Waals surface area contributed by atoms with Crippen molar-refractivity contribution in [1.29, 1.82) is 0 Å². The highest BCUT2D eigenvalue weighted by Crippen LogP contribution is 2.24. The molecule has 0 bridgehead atoms. The van der Waals surface area contributed by atoms with Gasteiger partial charge in [-0.25, -0.2) is 9.97 Å². The monoisotopic (exact) mass is 408 g/mol. The fourth-order valence-electron chi connectivity index (χ4n) is 3.81. The molecule has 0 radical (unpaired) electrons. The van der Waals surface area contributed by atoms with Gasteiger partial charge in [-0.1, -0.05) is 39.8 Å². The van der Waals surface area contributed by atoms with Crippen LogP contribution in [0.2, 0.25) is 0 Å². The zero-order valence-electron chi connectivity index (χ0n) is 18.9. The van der Waals surface area contributed by atoms with Gasteiger partial charge >= 0.3 is 0 Å². The summed E-state index contributed by atoms with van der Waals surface area (Å²) < 4.78 is 0. The molecule has 162 valence electrons.